The van der Waals surface area contributed by atoms with Crippen molar-refractivity contribution in [3.63, 3.8) is 0 Å². The average molecular weight is 557 g/mol. The second-order valence-corrected chi connectivity index (χ2v) is 9.80. The molecule has 1 fully saturated rings. The summed E-state index contributed by atoms with van der Waals surface area (Å²) in [4.78, 5) is 28.9. The predicted molar refractivity (Wildman–Crippen MR) is 152 cm³/mol. The number of hydrogen-bond acceptors (Lipinski definition) is 6. The molecule has 0 spiro atoms. The van der Waals surface area contributed by atoms with Gasteiger partial charge in [0.15, 0.2) is 0 Å². The number of rotatable bonds is 7. The highest BCUT2D eigenvalue weighted by Gasteiger charge is 2.46. The van der Waals surface area contributed by atoms with E-state index >= 15 is 0 Å². The third-order valence-electron chi connectivity index (χ3n) is 7.13. The molecule has 2 aromatic carbocycles. The molecular formula is C30H26F2N6O3. The van der Waals surface area contributed by atoms with Crippen molar-refractivity contribution in [2.75, 3.05) is 18.2 Å². The molecule has 11 heteroatoms. The molecule has 0 atom stereocenters. The molecule has 4 aromatic rings. The number of nitriles is 1. The van der Waals surface area contributed by atoms with Gasteiger partial charge in [0.05, 0.1) is 34.8 Å². The molecule has 0 radical (unpaired) electrons. The molecule has 4 N–H and O–H groups in total. The topological polar surface area (TPSA) is 135 Å². The van der Waals surface area contributed by atoms with Gasteiger partial charge in [-0.25, -0.2) is 13.8 Å². The van der Waals surface area contributed by atoms with E-state index in [1.807, 2.05) is 23.7 Å². The van der Waals surface area contributed by atoms with E-state index in [1.54, 1.807) is 30.3 Å². The Morgan fingerprint density at radius 2 is 1.90 bits per heavy atom. The number of aryl methyl sites for hydroxylation is 1. The van der Waals surface area contributed by atoms with Crippen molar-refractivity contribution < 1.29 is 23.1 Å². The van der Waals surface area contributed by atoms with Crippen molar-refractivity contribution in [2.24, 2.45) is 7.05 Å². The molecule has 5 rings (SSSR count). The zero-order chi connectivity index (χ0) is 29.5. The highest BCUT2D eigenvalue weighted by atomic mass is 19.3. The van der Waals surface area contributed by atoms with Crippen LogP contribution in [-0.4, -0.2) is 40.4 Å². The Balaban J connectivity index is 1.65. The number of amides is 2. The number of carbonyl (C=O) groups is 2. The minimum Gasteiger partial charge on any atom is -0.496 e. The van der Waals surface area contributed by atoms with Crippen molar-refractivity contribution >= 4 is 34.2 Å². The molecule has 2 heterocycles. The summed E-state index contributed by atoms with van der Waals surface area (Å²) in [5.74, 6) is -3.18. The number of aromatic nitrogens is 2. The zero-order valence-corrected chi connectivity index (χ0v) is 22.3. The number of benzene rings is 2. The average Bonchev–Trinajstić information content (AvgIpc) is 3.26. The molecule has 2 amide bonds. The fourth-order valence-electron chi connectivity index (χ4n) is 5.17. The van der Waals surface area contributed by atoms with Crippen molar-refractivity contribution in [3.05, 3.63) is 72.4 Å². The summed E-state index contributed by atoms with van der Waals surface area (Å²) in [6, 6.07) is 13.6. The van der Waals surface area contributed by atoms with Crippen LogP contribution in [0.2, 0.25) is 0 Å². The van der Waals surface area contributed by atoms with Gasteiger partial charge in [0.2, 0.25) is 5.91 Å². The first-order valence-corrected chi connectivity index (χ1v) is 12.6. The highest BCUT2D eigenvalue weighted by molar-refractivity contribution is 6.11. The predicted octanol–water partition coefficient (Wildman–Crippen LogP) is 5.02. The first kappa shape index (κ1) is 27.3. The van der Waals surface area contributed by atoms with Gasteiger partial charge < -0.3 is 25.7 Å². The maximum absolute atomic E-state index is 13.3. The maximum Gasteiger partial charge on any atom is 0.255 e. The summed E-state index contributed by atoms with van der Waals surface area (Å²) < 4.78 is 34.0. The summed E-state index contributed by atoms with van der Waals surface area (Å²) in [6.07, 6.45) is 1.79. The minimum atomic E-state index is -2.76. The zero-order valence-electron chi connectivity index (χ0n) is 22.3. The first-order valence-electron chi connectivity index (χ1n) is 12.6. The summed E-state index contributed by atoms with van der Waals surface area (Å²) >= 11 is 0. The third-order valence-corrected chi connectivity index (χ3v) is 7.13. The Morgan fingerprint density at radius 3 is 2.51 bits per heavy atom. The molecule has 0 aliphatic heterocycles. The van der Waals surface area contributed by atoms with E-state index in [-0.39, 0.29) is 23.0 Å². The second kappa shape index (κ2) is 10.4. The molecule has 1 saturated carbocycles. The fourth-order valence-corrected chi connectivity index (χ4v) is 5.17. The third kappa shape index (κ3) is 4.96. The lowest BCUT2D eigenvalue weighted by Gasteiger charge is -2.35. The fraction of sp³-hybridized carbons (Fsp3) is 0.200. The molecule has 0 bridgehead atoms. The van der Waals surface area contributed by atoms with Gasteiger partial charge in [-0.1, -0.05) is 24.8 Å². The van der Waals surface area contributed by atoms with Crippen molar-refractivity contribution in [1.29, 1.82) is 5.26 Å². The second-order valence-electron chi connectivity index (χ2n) is 9.80. The van der Waals surface area contributed by atoms with Crippen LogP contribution in [0.3, 0.4) is 0 Å². The molecule has 41 heavy (non-hydrogen) atoms. The smallest absolute Gasteiger partial charge is 0.255 e. The Labute approximate surface area is 234 Å². The summed E-state index contributed by atoms with van der Waals surface area (Å²) in [5, 5.41) is 15.7. The monoisotopic (exact) mass is 556 g/mol. The number of nitrogen functional groups attached to an aromatic ring is 1. The minimum absolute atomic E-state index is 0.194. The van der Waals surface area contributed by atoms with Gasteiger partial charge >= 0.3 is 0 Å². The van der Waals surface area contributed by atoms with Gasteiger partial charge in [-0.3, -0.25) is 9.59 Å². The number of ether oxygens (including phenoxy) is 1. The normalized spacial score (nSPS) is 14.1. The van der Waals surface area contributed by atoms with Gasteiger partial charge in [-0.2, -0.15) is 5.26 Å². The number of alkyl halides is 2. The van der Waals surface area contributed by atoms with Crippen LogP contribution < -0.4 is 21.1 Å². The summed E-state index contributed by atoms with van der Waals surface area (Å²) in [6.45, 7) is 3.46. The highest BCUT2D eigenvalue weighted by Crippen LogP contribution is 2.44. The quantitative estimate of drug-likeness (QED) is 0.274. The SMILES string of the molecule is C=CC(=O)Nc1ccc(-c2c(-c3ccc(C(=O)NC4CC(F)(F)C4)c(OC)c3)c3c(N)ncc(C#N)c3n2C)cc1. The number of nitrogens with one attached hydrogen (secondary N) is 2. The number of halogens is 2. The van der Waals surface area contributed by atoms with Crippen LogP contribution in [0.15, 0.2) is 61.3 Å². The van der Waals surface area contributed by atoms with E-state index in [2.05, 4.69) is 28.3 Å². The number of methoxy groups -OCH3 is 1. The lowest BCUT2D eigenvalue weighted by Crippen LogP contribution is -2.50. The number of anilines is 2. The maximum atomic E-state index is 13.3. The van der Waals surface area contributed by atoms with Crippen LogP contribution in [0.4, 0.5) is 20.3 Å². The van der Waals surface area contributed by atoms with Crippen LogP contribution in [0.5, 0.6) is 5.75 Å². The van der Waals surface area contributed by atoms with Crippen LogP contribution in [0, 0.1) is 11.3 Å². The molecule has 1 aliphatic carbocycles. The number of nitrogens with zero attached hydrogens (tertiary/aromatic N) is 3. The van der Waals surface area contributed by atoms with Crippen LogP contribution in [-0.2, 0) is 11.8 Å². The van der Waals surface area contributed by atoms with Crippen molar-refractivity contribution in [2.45, 2.75) is 24.8 Å². The van der Waals surface area contributed by atoms with Gasteiger partial charge in [-0.05, 0) is 41.5 Å². The van der Waals surface area contributed by atoms with Gasteiger partial charge in [-0.15, -0.1) is 0 Å². The molecule has 208 valence electrons. The number of hydrogen-bond donors (Lipinski definition) is 3. The number of carbonyl (C=O) groups excluding carboxylic acids is 2. The van der Waals surface area contributed by atoms with Gasteiger partial charge in [0, 0.05) is 43.4 Å². The molecule has 9 nitrogen and oxygen atoms in total. The van der Waals surface area contributed by atoms with E-state index < -0.39 is 30.7 Å². The lowest BCUT2D eigenvalue weighted by atomic mass is 9.88. The summed E-state index contributed by atoms with van der Waals surface area (Å²) in [5.41, 5.74) is 10.8. The first-order chi connectivity index (χ1) is 19.6. The van der Waals surface area contributed by atoms with Gasteiger partial charge in [0.25, 0.3) is 11.8 Å². The van der Waals surface area contributed by atoms with E-state index in [9.17, 15) is 23.6 Å². The molecule has 1 aliphatic rings. The van der Waals surface area contributed by atoms with E-state index in [4.69, 9.17) is 10.5 Å². The van der Waals surface area contributed by atoms with E-state index in [0.717, 1.165) is 5.56 Å². The molecule has 0 saturated heterocycles. The Hall–Kier alpha value is -5.24. The Morgan fingerprint density at radius 1 is 1.22 bits per heavy atom. The Bertz CT molecular complexity index is 1750. The number of pyridine rings is 1. The van der Waals surface area contributed by atoms with Crippen LogP contribution in [0.1, 0.15) is 28.8 Å². The standard InChI is InChI=1S/C30H26F2N6O3/c1-4-23(39)36-19-8-5-16(6-9-19)26-24(25-27(38(26)2)18(14-33)15-35-28(25)34)17-7-10-21(22(11-17)41-3)29(40)37-20-12-30(31,32)13-20/h4-11,15,20H,1,12-13H2,2-3H3,(H2,34,35)(H,36,39)(H,37,40). The van der Waals surface area contributed by atoms with E-state index in [1.165, 1.54) is 19.4 Å². The lowest BCUT2D eigenvalue weighted by molar-refractivity contribution is -0.111. The molecule has 0 unspecified atom stereocenters. The Kier molecular flexibility index (Phi) is 6.92. The van der Waals surface area contributed by atoms with E-state index in [0.29, 0.717) is 39.0 Å². The van der Waals surface area contributed by atoms with Crippen molar-refractivity contribution in [1.82, 2.24) is 14.9 Å². The van der Waals surface area contributed by atoms with Gasteiger partial charge in [0.1, 0.15) is 17.6 Å². The number of nitrogens with two attached hydrogens (primary N) is 1. The largest absolute Gasteiger partial charge is 0.496 e. The van der Waals surface area contributed by atoms with Crippen LogP contribution >= 0.6 is 0 Å². The molecular weight excluding hydrogens is 530 g/mol. The summed E-state index contributed by atoms with van der Waals surface area (Å²) in [7, 11) is 3.22. The van der Waals surface area contributed by atoms with Crippen molar-refractivity contribution in [3.8, 4) is 34.2 Å². The number of fused-ring (bicyclic) bond motifs is 1. The molecule has 2 aromatic heterocycles. The van der Waals surface area contributed by atoms with Crippen LogP contribution in [0.25, 0.3) is 33.3 Å².